The van der Waals surface area contributed by atoms with Crippen molar-refractivity contribution < 1.29 is 5.11 Å². The van der Waals surface area contributed by atoms with Crippen LogP contribution in [0.25, 0.3) is 0 Å². The fraction of sp³-hybridized carbons (Fsp3) is 0.143. The third-order valence-electron chi connectivity index (χ3n) is 2.53. The van der Waals surface area contributed by atoms with Crippen LogP contribution in [0.4, 0.5) is 17.1 Å². The molecule has 0 spiro atoms. The van der Waals surface area contributed by atoms with E-state index in [1.54, 1.807) is 18.2 Å². The van der Waals surface area contributed by atoms with Crippen LogP contribution in [0.2, 0.25) is 0 Å². The lowest BCUT2D eigenvalue weighted by Crippen LogP contribution is -1.91. The number of anilines is 3. The van der Waals surface area contributed by atoms with Gasteiger partial charge in [-0.25, -0.2) is 0 Å². The minimum Gasteiger partial charge on any atom is -0.508 e. The molecule has 4 heteroatoms. The van der Waals surface area contributed by atoms with E-state index in [2.05, 4.69) is 0 Å². The van der Waals surface area contributed by atoms with E-state index in [-0.39, 0.29) is 5.75 Å². The van der Waals surface area contributed by atoms with Crippen LogP contribution in [0.5, 0.6) is 5.75 Å². The molecule has 2 aromatic carbocycles. The molecule has 7 N–H and O–H groups in total. The van der Waals surface area contributed by atoms with Gasteiger partial charge in [0.25, 0.3) is 0 Å². The van der Waals surface area contributed by atoms with E-state index >= 15 is 0 Å². The maximum absolute atomic E-state index is 9.02. The number of benzene rings is 2. The Morgan fingerprint density at radius 2 is 1.33 bits per heavy atom. The first kappa shape index (κ1) is 13.7. The lowest BCUT2D eigenvalue weighted by Gasteiger charge is -1.98. The van der Waals surface area contributed by atoms with E-state index < -0.39 is 0 Å². The number of hydrogen-bond donors (Lipinski definition) is 4. The van der Waals surface area contributed by atoms with Gasteiger partial charge in [-0.3, -0.25) is 0 Å². The molecule has 0 aliphatic rings. The second kappa shape index (κ2) is 5.82. The molecule has 0 bridgehead atoms. The fourth-order valence-electron chi connectivity index (χ4n) is 1.33. The summed E-state index contributed by atoms with van der Waals surface area (Å²) in [5, 5.41) is 9.02. The summed E-state index contributed by atoms with van der Waals surface area (Å²) in [7, 11) is 0. The summed E-state index contributed by atoms with van der Waals surface area (Å²) in [4.78, 5) is 0. The number of phenolic OH excluding ortho intramolecular Hbond substituents is 1. The normalized spacial score (nSPS) is 9.44. The van der Waals surface area contributed by atoms with Crippen LogP contribution in [0.3, 0.4) is 0 Å². The van der Waals surface area contributed by atoms with Gasteiger partial charge in [-0.15, -0.1) is 0 Å². The number of aryl methyl sites for hydroxylation is 2. The number of hydrogen-bond acceptors (Lipinski definition) is 4. The van der Waals surface area contributed by atoms with Crippen LogP contribution in [0.1, 0.15) is 11.1 Å². The molecule has 2 aromatic rings. The van der Waals surface area contributed by atoms with E-state index in [4.69, 9.17) is 22.3 Å². The Labute approximate surface area is 107 Å². The molecule has 96 valence electrons. The highest BCUT2D eigenvalue weighted by Crippen LogP contribution is 2.17. The van der Waals surface area contributed by atoms with Gasteiger partial charge in [0.05, 0.1) is 0 Å². The van der Waals surface area contributed by atoms with Crippen LogP contribution in [-0.4, -0.2) is 5.11 Å². The molecule has 0 unspecified atom stereocenters. The van der Waals surface area contributed by atoms with E-state index in [9.17, 15) is 0 Å². The quantitative estimate of drug-likeness (QED) is 0.536. The Bertz CT molecular complexity index is 489. The van der Waals surface area contributed by atoms with Crippen LogP contribution in [0, 0.1) is 13.8 Å². The van der Waals surface area contributed by atoms with Gasteiger partial charge in [-0.1, -0.05) is 6.07 Å². The van der Waals surface area contributed by atoms with E-state index in [0.29, 0.717) is 5.69 Å². The Morgan fingerprint density at radius 1 is 0.778 bits per heavy atom. The van der Waals surface area contributed by atoms with Crippen LogP contribution < -0.4 is 17.2 Å². The maximum atomic E-state index is 9.02. The number of aromatic hydroxyl groups is 1. The Morgan fingerprint density at radius 3 is 1.78 bits per heavy atom. The molecule has 0 saturated heterocycles. The Balaban J connectivity index is 0.000000180. The molecule has 0 heterocycles. The molecule has 0 aromatic heterocycles. The third-order valence-corrected chi connectivity index (χ3v) is 2.53. The van der Waals surface area contributed by atoms with Gasteiger partial charge in [0.2, 0.25) is 0 Å². The van der Waals surface area contributed by atoms with Crippen molar-refractivity contribution in [1.29, 1.82) is 0 Å². The predicted octanol–water partition coefficient (Wildman–Crippen LogP) is 2.44. The molecule has 0 saturated carbocycles. The van der Waals surface area contributed by atoms with Gasteiger partial charge in [-0.05, 0) is 49.2 Å². The summed E-state index contributed by atoms with van der Waals surface area (Å²) in [6.07, 6.45) is 0. The Hall–Kier alpha value is -2.36. The lowest BCUT2D eigenvalue weighted by atomic mass is 10.2. The highest BCUT2D eigenvalue weighted by atomic mass is 16.3. The molecular weight excluding hydrogens is 226 g/mol. The van der Waals surface area contributed by atoms with Crippen molar-refractivity contribution in [3.8, 4) is 5.75 Å². The van der Waals surface area contributed by atoms with Crippen LogP contribution in [-0.2, 0) is 0 Å². The molecule has 0 atom stereocenters. The van der Waals surface area contributed by atoms with E-state index in [1.165, 1.54) is 6.07 Å². The van der Waals surface area contributed by atoms with Gasteiger partial charge < -0.3 is 22.3 Å². The van der Waals surface area contributed by atoms with Crippen molar-refractivity contribution in [2.45, 2.75) is 13.8 Å². The standard InChI is InChI=1S/C7H10N2.C7H9NO/c1-5-4-6(8)2-3-7(5)9;1-5-2-3-6(8)4-7(5)9/h2-4H,8-9H2,1H3;2-4,9H,8H2,1H3. The summed E-state index contributed by atoms with van der Waals surface area (Å²) >= 11 is 0. The fourth-order valence-corrected chi connectivity index (χ4v) is 1.33. The summed E-state index contributed by atoms with van der Waals surface area (Å²) in [5.74, 6) is 0.259. The van der Waals surface area contributed by atoms with E-state index in [0.717, 1.165) is 22.5 Å². The molecular formula is C14H19N3O. The van der Waals surface area contributed by atoms with Crippen molar-refractivity contribution >= 4 is 17.1 Å². The molecule has 0 fully saturated rings. The van der Waals surface area contributed by atoms with Gasteiger partial charge in [0.15, 0.2) is 0 Å². The molecule has 0 aliphatic heterocycles. The van der Waals surface area contributed by atoms with Crippen molar-refractivity contribution in [3.63, 3.8) is 0 Å². The predicted molar refractivity (Wildman–Crippen MR) is 77.3 cm³/mol. The van der Waals surface area contributed by atoms with Gasteiger partial charge >= 0.3 is 0 Å². The zero-order valence-electron chi connectivity index (χ0n) is 10.6. The smallest absolute Gasteiger partial charge is 0.120 e. The summed E-state index contributed by atoms with van der Waals surface area (Å²) in [6, 6.07) is 10.5. The molecule has 0 radical (unpaired) electrons. The first-order valence-corrected chi connectivity index (χ1v) is 5.57. The first-order chi connectivity index (χ1) is 8.40. The number of rotatable bonds is 0. The second-order valence-corrected chi connectivity index (χ2v) is 4.16. The number of phenols is 1. The highest BCUT2D eigenvalue weighted by molar-refractivity contribution is 5.54. The van der Waals surface area contributed by atoms with Gasteiger partial charge in [-0.2, -0.15) is 0 Å². The van der Waals surface area contributed by atoms with E-state index in [1.807, 2.05) is 26.0 Å². The first-order valence-electron chi connectivity index (χ1n) is 5.57. The maximum Gasteiger partial charge on any atom is 0.120 e. The molecule has 4 nitrogen and oxygen atoms in total. The number of nitrogen functional groups attached to an aromatic ring is 3. The third kappa shape index (κ3) is 3.90. The summed E-state index contributed by atoms with van der Waals surface area (Å²) in [6.45, 7) is 3.76. The van der Waals surface area contributed by atoms with Crippen molar-refractivity contribution in [2.24, 2.45) is 0 Å². The minimum atomic E-state index is 0.259. The minimum absolute atomic E-state index is 0.259. The Kier molecular flexibility index (Phi) is 4.43. The average Bonchev–Trinajstić information content (AvgIpc) is 2.30. The zero-order valence-corrected chi connectivity index (χ0v) is 10.6. The topological polar surface area (TPSA) is 98.3 Å². The van der Waals surface area contributed by atoms with Gasteiger partial charge in [0.1, 0.15) is 5.75 Å². The van der Waals surface area contributed by atoms with Gasteiger partial charge in [0, 0.05) is 23.1 Å². The lowest BCUT2D eigenvalue weighted by molar-refractivity contribution is 0.471. The molecule has 2 rings (SSSR count). The second-order valence-electron chi connectivity index (χ2n) is 4.16. The molecule has 0 amide bonds. The van der Waals surface area contributed by atoms with Crippen LogP contribution in [0.15, 0.2) is 36.4 Å². The SMILES string of the molecule is Cc1cc(N)ccc1N.Cc1ccc(N)cc1O. The largest absolute Gasteiger partial charge is 0.508 e. The average molecular weight is 245 g/mol. The molecule has 0 aliphatic carbocycles. The monoisotopic (exact) mass is 245 g/mol. The summed E-state index contributed by atoms with van der Waals surface area (Å²) in [5.41, 5.74) is 20.4. The van der Waals surface area contributed by atoms with Crippen molar-refractivity contribution in [3.05, 3.63) is 47.5 Å². The summed E-state index contributed by atoms with van der Waals surface area (Å²) < 4.78 is 0. The van der Waals surface area contributed by atoms with Crippen molar-refractivity contribution in [2.75, 3.05) is 17.2 Å². The van der Waals surface area contributed by atoms with Crippen LogP contribution >= 0.6 is 0 Å². The van der Waals surface area contributed by atoms with Crippen molar-refractivity contribution in [1.82, 2.24) is 0 Å². The molecule has 18 heavy (non-hydrogen) atoms. The number of nitrogens with two attached hydrogens (primary N) is 3. The highest BCUT2D eigenvalue weighted by Gasteiger charge is 1.92. The zero-order chi connectivity index (χ0) is 13.7.